The second kappa shape index (κ2) is 6.00. The maximum absolute atomic E-state index is 12.7. The third-order valence-electron chi connectivity index (χ3n) is 2.98. The molecule has 0 saturated heterocycles. The lowest BCUT2D eigenvalue weighted by Crippen LogP contribution is -2.16. The molecule has 0 atom stereocenters. The van der Waals surface area contributed by atoms with Gasteiger partial charge in [0.05, 0.1) is 21.9 Å². The Balaban J connectivity index is 2.54. The third-order valence-corrected chi connectivity index (χ3v) is 4.39. The summed E-state index contributed by atoms with van der Waals surface area (Å²) in [4.78, 5) is 8.89. The molecule has 0 fully saturated rings. The normalized spacial score (nSPS) is 12.0. The fourth-order valence-electron chi connectivity index (χ4n) is 1.85. The van der Waals surface area contributed by atoms with E-state index in [1.807, 2.05) is 4.72 Å². The lowest BCUT2D eigenvalue weighted by molar-refractivity contribution is -0.388. The number of hydrogen-bond acceptors (Lipinski definition) is 5. The summed E-state index contributed by atoms with van der Waals surface area (Å²) in [5.74, 6) is 0. The molecule has 128 valence electrons. The first kappa shape index (κ1) is 17.5. The fraction of sp³-hybridized carbons (Fsp3) is 0.0769. The maximum atomic E-state index is 12.7. The summed E-state index contributed by atoms with van der Waals surface area (Å²) in [5, 5.41) is 11.0. The first-order valence-electron chi connectivity index (χ1n) is 6.25. The van der Waals surface area contributed by atoms with Crippen LogP contribution in [0.4, 0.5) is 30.2 Å². The van der Waals surface area contributed by atoms with Crippen LogP contribution in [0.1, 0.15) is 5.56 Å². The Morgan fingerprint density at radius 3 is 2.29 bits per heavy atom. The molecule has 0 radical (unpaired) electrons. The Hall–Kier alpha value is -2.82. The highest BCUT2D eigenvalue weighted by Gasteiger charge is 2.35. The Bertz CT molecular complexity index is 898. The molecule has 0 aliphatic rings. The molecule has 0 aliphatic carbocycles. The van der Waals surface area contributed by atoms with Crippen molar-refractivity contribution in [3.8, 4) is 0 Å². The van der Waals surface area contributed by atoms with Gasteiger partial charge in [0.25, 0.3) is 15.7 Å². The number of nitrogens with one attached hydrogen (secondary N) is 1. The van der Waals surface area contributed by atoms with E-state index in [9.17, 15) is 31.7 Å². The molecular weight excluding hydrogens is 351 g/mol. The number of halogens is 3. The van der Waals surface area contributed by atoms with Crippen molar-refractivity contribution in [1.29, 1.82) is 0 Å². The van der Waals surface area contributed by atoms with Crippen molar-refractivity contribution in [3.05, 3.63) is 58.1 Å². The molecule has 0 saturated carbocycles. The topological polar surface area (TPSA) is 115 Å². The van der Waals surface area contributed by atoms with Gasteiger partial charge in [-0.1, -0.05) is 12.1 Å². The molecule has 2 rings (SSSR count). The van der Waals surface area contributed by atoms with Crippen LogP contribution in [0.25, 0.3) is 0 Å². The third kappa shape index (κ3) is 3.56. The number of anilines is 2. The van der Waals surface area contributed by atoms with E-state index in [1.54, 1.807) is 0 Å². The average Bonchev–Trinajstić information content (AvgIpc) is 2.48. The molecule has 0 amide bonds. The molecule has 2 aromatic carbocycles. The monoisotopic (exact) mass is 361 g/mol. The largest absolute Gasteiger partial charge is 0.416 e. The maximum Gasteiger partial charge on any atom is 0.416 e. The summed E-state index contributed by atoms with van der Waals surface area (Å²) in [6.45, 7) is 0. The number of hydrogen-bond donors (Lipinski definition) is 2. The van der Waals surface area contributed by atoms with Crippen LogP contribution in [0.2, 0.25) is 0 Å². The predicted octanol–water partition coefficient (Wildman–Crippen LogP) is 3.00. The van der Waals surface area contributed by atoms with Crippen LogP contribution in [0.3, 0.4) is 0 Å². The Morgan fingerprint density at radius 2 is 1.75 bits per heavy atom. The van der Waals surface area contributed by atoms with E-state index in [0.29, 0.717) is 12.1 Å². The lowest BCUT2D eigenvalue weighted by atomic mass is 10.2. The fourth-order valence-corrected chi connectivity index (χ4v) is 3.09. The molecule has 0 aromatic heterocycles. The van der Waals surface area contributed by atoms with Crippen molar-refractivity contribution in [3.63, 3.8) is 0 Å². The molecule has 7 nitrogen and oxygen atoms in total. The summed E-state index contributed by atoms with van der Waals surface area (Å²) in [6, 6.07) is 6.85. The Kier molecular flexibility index (Phi) is 4.38. The predicted molar refractivity (Wildman–Crippen MR) is 79.8 cm³/mol. The van der Waals surface area contributed by atoms with Crippen molar-refractivity contribution in [2.24, 2.45) is 0 Å². The number of nitrogens with zero attached hydrogens (tertiary/aromatic N) is 1. The second-order valence-electron chi connectivity index (χ2n) is 4.63. The van der Waals surface area contributed by atoms with E-state index in [0.717, 1.165) is 0 Å². The second-order valence-corrected chi connectivity index (χ2v) is 6.28. The summed E-state index contributed by atoms with van der Waals surface area (Å²) >= 11 is 0. The minimum atomic E-state index is -4.84. The highest BCUT2D eigenvalue weighted by molar-refractivity contribution is 7.92. The molecule has 0 aliphatic heterocycles. The molecule has 2 aromatic rings. The van der Waals surface area contributed by atoms with E-state index >= 15 is 0 Å². The first-order valence-corrected chi connectivity index (χ1v) is 7.73. The van der Waals surface area contributed by atoms with Crippen molar-refractivity contribution >= 4 is 27.1 Å². The van der Waals surface area contributed by atoms with Gasteiger partial charge in [0, 0.05) is 6.07 Å². The van der Waals surface area contributed by atoms with E-state index in [2.05, 4.69) is 0 Å². The molecule has 0 heterocycles. The van der Waals surface area contributed by atoms with Gasteiger partial charge in [0.2, 0.25) is 0 Å². The van der Waals surface area contributed by atoms with Crippen LogP contribution in [0.15, 0.2) is 47.4 Å². The van der Waals surface area contributed by atoms with E-state index in [-0.39, 0.29) is 17.4 Å². The highest BCUT2D eigenvalue weighted by atomic mass is 32.2. The minimum Gasteiger partial charge on any atom is -0.397 e. The average molecular weight is 361 g/mol. The number of nitrogens with two attached hydrogens (primary N) is 1. The van der Waals surface area contributed by atoms with Gasteiger partial charge in [-0.15, -0.1) is 0 Å². The van der Waals surface area contributed by atoms with Crippen LogP contribution in [0.5, 0.6) is 0 Å². The van der Waals surface area contributed by atoms with E-state index in [1.165, 1.54) is 24.3 Å². The molecular formula is C13H10F3N3O4S. The SMILES string of the molecule is Nc1ccccc1NS(=O)(=O)c1ccc(C(F)(F)F)cc1[N+](=O)[O-]. The van der Waals surface area contributed by atoms with Gasteiger partial charge < -0.3 is 5.73 Å². The van der Waals surface area contributed by atoms with Crippen molar-refractivity contribution in [2.45, 2.75) is 11.1 Å². The minimum absolute atomic E-state index is 0.0494. The zero-order valence-electron chi connectivity index (χ0n) is 11.7. The first-order chi connectivity index (χ1) is 11.0. The molecule has 0 spiro atoms. The summed E-state index contributed by atoms with van der Waals surface area (Å²) in [6.07, 6.45) is -4.84. The summed E-state index contributed by atoms with van der Waals surface area (Å²) in [5.41, 5.74) is 3.06. The number of benzene rings is 2. The van der Waals surface area contributed by atoms with Crippen molar-refractivity contribution in [2.75, 3.05) is 10.5 Å². The molecule has 24 heavy (non-hydrogen) atoms. The van der Waals surface area contributed by atoms with Crippen LogP contribution in [-0.2, 0) is 16.2 Å². The molecule has 11 heteroatoms. The number of nitro groups is 1. The Labute approximate surface area is 134 Å². The van der Waals surface area contributed by atoms with Crippen LogP contribution < -0.4 is 10.5 Å². The van der Waals surface area contributed by atoms with Gasteiger partial charge in [0.1, 0.15) is 0 Å². The van der Waals surface area contributed by atoms with Crippen LogP contribution in [0, 0.1) is 10.1 Å². The van der Waals surface area contributed by atoms with Gasteiger partial charge in [-0.3, -0.25) is 14.8 Å². The van der Waals surface area contributed by atoms with Crippen LogP contribution >= 0.6 is 0 Å². The van der Waals surface area contributed by atoms with Gasteiger partial charge in [-0.25, -0.2) is 8.42 Å². The van der Waals surface area contributed by atoms with Gasteiger partial charge in [0.15, 0.2) is 4.90 Å². The highest BCUT2D eigenvalue weighted by Crippen LogP contribution is 2.35. The van der Waals surface area contributed by atoms with Gasteiger partial charge in [-0.2, -0.15) is 13.2 Å². The van der Waals surface area contributed by atoms with Crippen molar-refractivity contribution < 1.29 is 26.5 Å². The number of para-hydroxylation sites is 2. The smallest absolute Gasteiger partial charge is 0.397 e. The van der Waals surface area contributed by atoms with E-state index in [4.69, 9.17) is 5.73 Å². The lowest BCUT2D eigenvalue weighted by Gasteiger charge is -2.12. The summed E-state index contributed by atoms with van der Waals surface area (Å²) in [7, 11) is -4.51. The number of alkyl halides is 3. The zero-order valence-corrected chi connectivity index (χ0v) is 12.6. The van der Waals surface area contributed by atoms with Gasteiger partial charge >= 0.3 is 6.18 Å². The summed E-state index contributed by atoms with van der Waals surface area (Å²) < 4.78 is 64.6. The molecule has 3 N–H and O–H groups in total. The Morgan fingerprint density at radius 1 is 1.12 bits per heavy atom. The van der Waals surface area contributed by atoms with E-state index < -0.39 is 37.3 Å². The number of sulfonamides is 1. The quantitative estimate of drug-likeness (QED) is 0.493. The zero-order chi connectivity index (χ0) is 18.1. The van der Waals surface area contributed by atoms with Crippen LogP contribution in [-0.4, -0.2) is 13.3 Å². The number of nitro benzene ring substituents is 1. The molecule has 0 unspecified atom stereocenters. The molecule has 0 bridgehead atoms. The number of nitrogen functional groups attached to an aromatic ring is 1. The standard InChI is InChI=1S/C13H10F3N3O4S/c14-13(15,16)8-5-6-12(11(7-8)19(20)21)24(22,23)18-10-4-2-1-3-9(10)17/h1-7,18H,17H2. The number of rotatable bonds is 4. The van der Waals surface area contributed by atoms with Gasteiger partial charge in [-0.05, 0) is 24.3 Å². The van der Waals surface area contributed by atoms with Crippen molar-refractivity contribution in [1.82, 2.24) is 0 Å².